The summed E-state index contributed by atoms with van der Waals surface area (Å²) in [6.07, 6.45) is 8.63. The lowest BCUT2D eigenvalue weighted by Gasteiger charge is -2.36. The van der Waals surface area contributed by atoms with Crippen molar-refractivity contribution < 1.29 is 4.79 Å². The second-order valence-electron chi connectivity index (χ2n) is 28.6. The minimum Gasteiger partial charge on any atom is -0.399 e. The zero-order valence-electron chi connectivity index (χ0n) is 58.8. The lowest BCUT2D eigenvalue weighted by atomic mass is 9.73. The van der Waals surface area contributed by atoms with E-state index in [-0.39, 0.29) is 29.8 Å². The van der Waals surface area contributed by atoms with Gasteiger partial charge in [0.15, 0.2) is 23.3 Å². The molecule has 4 aromatic carbocycles. The molecule has 0 unspecified atom stereocenters. The summed E-state index contributed by atoms with van der Waals surface area (Å²) in [6, 6.07) is 31.9. The van der Waals surface area contributed by atoms with E-state index in [0.717, 1.165) is 146 Å². The van der Waals surface area contributed by atoms with Crippen LogP contribution in [0.2, 0.25) is 15.1 Å². The number of aryl methyl sites for hydroxylation is 7. The number of nitrogens with zero attached hydrogens (tertiary/aromatic N) is 13. The van der Waals surface area contributed by atoms with Gasteiger partial charge in [-0.25, -0.2) is 0 Å². The molecule has 8 aliphatic rings. The molecule has 11 aromatic rings. The Labute approximate surface area is 626 Å². The standard InChI is InChI=1S/2C20H19ClN4S.C20H21N5S.C19H18ClNOS.CH4/c1-10-9-20(10)19-24-23-13(4)25(19)18-16(11(2)12(3)26-18)17(22-20)14-5-7-15(21)8-6-14;1-11-12(2)26-18-16(11)17(14-5-7-15(21)8-6-14)22-20(9-4-10-20)19-24-23-13(3)25(18)19;1-10-9-20(10)19-24-23-13(4)25(19)18-16(11(2)12(3)26-18)17(22-20)14-5-7-15(21)8-6-14;1-11-12(2)23-15-10-16(22)19(8-3-9-19)21-18(17(11)15)13-4-6-14(20)7-5-13;/h5-8,10H,9H2,1-4H3;5-8H,4,9-10H2,1-3H3;5-8,10H,9,21H2,1-4H3;4-7H,3,8-10H2,1-2H3;1H4/t10-,20+;;10-,20+;;/m1.1../s1. The third kappa shape index (κ3) is 11.2. The maximum absolute atomic E-state index is 12.8. The number of hydrogen-bond acceptors (Lipinski definition) is 16. The van der Waals surface area contributed by atoms with E-state index in [2.05, 4.69) is 150 Å². The van der Waals surface area contributed by atoms with Crippen molar-refractivity contribution in [3.63, 3.8) is 0 Å². The maximum Gasteiger partial charge on any atom is 0.166 e. The summed E-state index contributed by atoms with van der Waals surface area (Å²) in [5.74, 6) is 6.95. The largest absolute Gasteiger partial charge is 0.399 e. The minimum absolute atomic E-state index is 0. The number of fused-ring (bicyclic) bond motifs is 13. The Balaban J connectivity index is 0.000000110. The lowest BCUT2D eigenvalue weighted by Crippen LogP contribution is -2.44. The predicted octanol–water partition coefficient (Wildman–Crippen LogP) is 19.6. The number of carbonyl (C=O) groups excluding carboxylic acids is 1. The van der Waals surface area contributed by atoms with Crippen LogP contribution < -0.4 is 5.73 Å². The topological polar surface area (TPSA) is 185 Å². The second kappa shape index (κ2) is 25.8. The van der Waals surface area contributed by atoms with Gasteiger partial charge < -0.3 is 5.73 Å². The third-order valence-corrected chi connectivity index (χ3v) is 27.9. The number of halogens is 3. The Morgan fingerprint density at radius 1 is 0.412 bits per heavy atom. The Kier molecular flexibility index (Phi) is 17.6. The first-order valence-corrected chi connectivity index (χ1v) is 39.0. The van der Waals surface area contributed by atoms with Gasteiger partial charge in [-0.15, -0.1) is 75.9 Å². The van der Waals surface area contributed by atoms with Crippen molar-refractivity contribution in [1.29, 1.82) is 0 Å². The van der Waals surface area contributed by atoms with Gasteiger partial charge >= 0.3 is 0 Å². The van der Waals surface area contributed by atoms with Gasteiger partial charge in [0.05, 0.1) is 22.8 Å². The van der Waals surface area contributed by atoms with Crippen LogP contribution in [-0.4, -0.2) is 78.5 Å². The highest BCUT2D eigenvalue weighted by Crippen LogP contribution is 2.59. The number of Topliss-reactive ketones (excluding diaryl/α,β-unsaturated/α-hetero) is 1. The van der Waals surface area contributed by atoms with Crippen LogP contribution in [-0.2, 0) is 27.8 Å². The number of nitrogens with two attached hydrogens (primary N) is 1. The van der Waals surface area contributed by atoms with Gasteiger partial charge in [0, 0.05) is 96.1 Å². The van der Waals surface area contributed by atoms with Gasteiger partial charge in [-0.1, -0.05) is 105 Å². The number of aliphatic imine (C=N–C) groups is 4. The monoisotopic (exact) mass is 1490 g/mol. The van der Waals surface area contributed by atoms with Crippen molar-refractivity contribution in [1.82, 2.24) is 44.3 Å². The molecule has 522 valence electrons. The smallest absolute Gasteiger partial charge is 0.166 e. The molecule has 4 fully saturated rings. The van der Waals surface area contributed by atoms with E-state index in [1.54, 1.807) is 45.3 Å². The second-order valence-corrected chi connectivity index (χ2v) is 34.8. The van der Waals surface area contributed by atoms with Crippen LogP contribution in [0.5, 0.6) is 0 Å². The molecule has 0 radical (unpaired) electrons. The number of benzene rings is 4. The van der Waals surface area contributed by atoms with Gasteiger partial charge in [-0.05, 0) is 210 Å². The normalized spacial score (nSPS) is 20.6. The van der Waals surface area contributed by atoms with Crippen molar-refractivity contribution in [2.45, 2.75) is 177 Å². The van der Waals surface area contributed by atoms with Crippen molar-refractivity contribution in [3.8, 4) is 15.0 Å². The fourth-order valence-corrected chi connectivity index (χ4v) is 20.5. The molecule has 22 heteroatoms. The molecule has 102 heavy (non-hydrogen) atoms. The van der Waals surface area contributed by atoms with E-state index in [1.165, 1.54) is 90.3 Å². The first-order valence-electron chi connectivity index (χ1n) is 34.6. The molecule has 4 aliphatic carbocycles. The zero-order valence-corrected chi connectivity index (χ0v) is 64.4. The molecule has 4 saturated carbocycles. The van der Waals surface area contributed by atoms with Crippen LogP contribution in [0, 0.1) is 88.0 Å². The number of carbonyl (C=O) groups is 1. The first-order chi connectivity index (χ1) is 48.3. The summed E-state index contributed by atoms with van der Waals surface area (Å²) in [4.78, 5) is 40.2. The average molecular weight is 1490 g/mol. The third-order valence-electron chi connectivity index (χ3n) is 22.3. The summed E-state index contributed by atoms with van der Waals surface area (Å²) in [7, 11) is 0. The Morgan fingerprint density at radius 2 is 0.716 bits per heavy atom. The highest BCUT2D eigenvalue weighted by molar-refractivity contribution is 7.16. The van der Waals surface area contributed by atoms with Crippen molar-refractivity contribution in [2.75, 3.05) is 5.73 Å². The SMILES string of the molecule is C.Cc1sc2c(c1C)C(c1ccc(Cl)cc1)=NC1(CCC1)C(=O)C2.Cc1sc2c(c1C)C(c1ccc(Cl)cc1)=NC1(CCC1)c1nnc(C)n1-2.Cc1sc2c(c1C)C(c1ccc(Cl)cc1)=N[C@]1(C[C@H]1C)c1nnc(C)n1-2.Cc1sc2c(c1C)C(c1ccc(N)cc1)=N[C@]1(C[C@H]1C)c1nnc(C)n1-2. The summed E-state index contributed by atoms with van der Waals surface area (Å²) in [5, 5.41) is 32.6. The molecule has 4 atom stereocenters. The van der Waals surface area contributed by atoms with Crippen LogP contribution in [0.25, 0.3) is 15.0 Å². The van der Waals surface area contributed by atoms with E-state index in [1.807, 2.05) is 81.4 Å². The molecule has 4 aliphatic heterocycles. The molecular weight excluding hydrogens is 1410 g/mol. The summed E-state index contributed by atoms with van der Waals surface area (Å²) >= 11 is 25.4. The Morgan fingerprint density at radius 3 is 1.07 bits per heavy atom. The van der Waals surface area contributed by atoms with E-state index < -0.39 is 5.54 Å². The molecule has 4 spiro atoms. The molecule has 19 rings (SSSR count). The van der Waals surface area contributed by atoms with Gasteiger partial charge in [-0.2, -0.15) is 0 Å². The molecule has 15 nitrogen and oxygen atoms in total. The predicted molar refractivity (Wildman–Crippen MR) is 420 cm³/mol. The van der Waals surface area contributed by atoms with E-state index >= 15 is 0 Å². The highest BCUT2D eigenvalue weighted by Gasteiger charge is 2.60. The molecule has 2 N–H and O–H groups in total. The quantitative estimate of drug-likeness (QED) is 0.169. The number of nitrogen functional groups attached to an aromatic ring is 1. The van der Waals surface area contributed by atoms with Gasteiger partial charge in [-0.3, -0.25) is 38.5 Å². The zero-order chi connectivity index (χ0) is 70.7. The Hall–Kier alpha value is -7.88. The molecule has 11 heterocycles. The van der Waals surface area contributed by atoms with Crippen LogP contribution >= 0.6 is 80.1 Å². The lowest BCUT2D eigenvalue weighted by molar-refractivity contribution is -0.126. The van der Waals surface area contributed by atoms with Gasteiger partial charge in [0.2, 0.25) is 0 Å². The van der Waals surface area contributed by atoms with Crippen LogP contribution in [0.3, 0.4) is 0 Å². The van der Waals surface area contributed by atoms with Gasteiger partial charge in [0.25, 0.3) is 0 Å². The molecule has 7 aromatic heterocycles. The van der Waals surface area contributed by atoms with E-state index in [4.69, 9.17) is 60.5 Å². The fourth-order valence-electron chi connectivity index (χ4n) is 15.3. The Bertz CT molecular complexity index is 4960. The number of ketones is 1. The minimum atomic E-state index is -0.478. The summed E-state index contributed by atoms with van der Waals surface area (Å²) in [6.45, 7) is 27.9. The molecular formula is C80H81Cl3N14OS4. The number of anilines is 1. The van der Waals surface area contributed by atoms with E-state index in [9.17, 15) is 4.79 Å². The summed E-state index contributed by atoms with van der Waals surface area (Å²) in [5.41, 5.74) is 23.8. The number of rotatable bonds is 4. The highest BCUT2D eigenvalue weighted by atomic mass is 35.5. The maximum atomic E-state index is 12.8. The van der Waals surface area contributed by atoms with Crippen LogP contribution in [0.1, 0.15) is 199 Å². The summed E-state index contributed by atoms with van der Waals surface area (Å²) < 4.78 is 6.71. The van der Waals surface area contributed by atoms with Crippen molar-refractivity contribution >= 4 is 114 Å². The average Bonchev–Trinajstić information content (AvgIpc) is 1.53. The number of thiophene rings is 4. The van der Waals surface area contributed by atoms with Gasteiger partial charge in [0.1, 0.15) is 54.6 Å². The first kappa shape index (κ1) is 69.8. The van der Waals surface area contributed by atoms with E-state index in [0.29, 0.717) is 18.3 Å². The van der Waals surface area contributed by atoms with Crippen LogP contribution in [0.4, 0.5) is 5.69 Å². The van der Waals surface area contributed by atoms with Crippen LogP contribution in [0.15, 0.2) is 117 Å². The van der Waals surface area contributed by atoms with Crippen molar-refractivity contribution in [2.24, 2.45) is 31.8 Å². The fraction of sp³-hybridized carbons (Fsp3) is 0.362. The molecule has 0 saturated heterocycles. The van der Waals surface area contributed by atoms with Crippen molar-refractivity contribution in [3.05, 3.63) is 238 Å². The number of hydrogen-bond donors (Lipinski definition) is 1. The molecule has 0 bridgehead atoms. The molecule has 0 amide bonds. The number of aromatic nitrogens is 9.